The van der Waals surface area contributed by atoms with E-state index < -0.39 is 0 Å². The summed E-state index contributed by atoms with van der Waals surface area (Å²) in [6, 6.07) is 6.19. The third-order valence-corrected chi connectivity index (χ3v) is 4.47. The summed E-state index contributed by atoms with van der Waals surface area (Å²) in [5.41, 5.74) is 1.33. The number of nitrogens with one attached hydrogen (secondary N) is 1. The zero-order valence-corrected chi connectivity index (χ0v) is 13.6. The number of hydrogen-bond donors (Lipinski definition) is 1. The Bertz CT molecular complexity index is 387. The summed E-state index contributed by atoms with van der Waals surface area (Å²) in [6.07, 6.45) is 1.30. The standard InChI is InChI=1S/C13H18BrClN2.ClH/c1-16-7-11-4-5-17(9-11)8-10-2-3-13(15)12(14)6-10;/h2-3,6,11,16H,4-5,7-9H2,1H3;1H. The van der Waals surface area contributed by atoms with E-state index in [-0.39, 0.29) is 12.4 Å². The van der Waals surface area contributed by atoms with Crippen molar-refractivity contribution in [3.8, 4) is 0 Å². The fraction of sp³-hybridized carbons (Fsp3) is 0.538. The lowest BCUT2D eigenvalue weighted by molar-refractivity contribution is 0.315. The van der Waals surface area contributed by atoms with E-state index in [2.05, 4.69) is 38.3 Å². The molecule has 0 amide bonds. The minimum atomic E-state index is 0. The van der Waals surface area contributed by atoms with Gasteiger partial charge in [0.1, 0.15) is 0 Å². The molecule has 1 heterocycles. The Morgan fingerprint density at radius 1 is 1.50 bits per heavy atom. The summed E-state index contributed by atoms with van der Waals surface area (Å²) >= 11 is 9.46. The molecule has 1 aromatic rings. The molecule has 1 fully saturated rings. The molecular weight excluding hydrogens is 335 g/mol. The van der Waals surface area contributed by atoms with Gasteiger partial charge in [-0.2, -0.15) is 0 Å². The molecule has 2 nitrogen and oxygen atoms in total. The van der Waals surface area contributed by atoms with Crippen molar-refractivity contribution >= 4 is 39.9 Å². The molecular formula is C13H19BrCl2N2. The molecule has 0 saturated carbocycles. The molecule has 1 unspecified atom stereocenters. The van der Waals surface area contributed by atoms with Crippen molar-refractivity contribution < 1.29 is 0 Å². The molecule has 5 heteroatoms. The van der Waals surface area contributed by atoms with Crippen LogP contribution in [0.2, 0.25) is 5.02 Å². The van der Waals surface area contributed by atoms with Crippen molar-refractivity contribution in [1.29, 1.82) is 0 Å². The lowest BCUT2D eigenvalue weighted by Crippen LogP contribution is -2.24. The van der Waals surface area contributed by atoms with Gasteiger partial charge in [0.05, 0.1) is 5.02 Å². The average Bonchev–Trinajstić information content (AvgIpc) is 2.72. The lowest BCUT2D eigenvalue weighted by atomic mass is 10.1. The van der Waals surface area contributed by atoms with E-state index in [1.165, 1.54) is 25.1 Å². The van der Waals surface area contributed by atoms with Crippen molar-refractivity contribution in [3.05, 3.63) is 33.3 Å². The first-order valence-corrected chi connectivity index (χ1v) is 7.17. The van der Waals surface area contributed by atoms with Crippen molar-refractivity contribution in [3.63, 3.8) is 0 Å². The summed E-state index contributed by atoms with van der Waals surface area (Å²) in [7, 11) is 2.03. The molecule has 102 valence electrons. The van der Waals surface area contributed by atoms with Crippen molar-refractivity contribution in [2.45, 2.75) is 13.0 Å². The van der Waals surface area contributed by atoms with Gasteiger partial charge in [-0.25, -0.2) is 0 Å². The predicted octanol–water partition coefficient (Wildman–Crippen LogP) is 3.57. The van der Waals surface area contributed by atoms with Crippen LogP contribution in [0.15, 0.2) is 22.7 Å². The van der Waals surface area contributed by atoms with E-state index >= 15 is 0 Å². The highest BCUT2D eigenvalue weighted by atomic mass is 79.9. The van der Waals surface area contributed by atoms with Gasteiger partial charge in [-0.3, -0.25) is 4.90 Å². The first-order valence-electron chi connectivity index (χ1n) is 6.00. The van der Waals surface area contributed by atoms with Crippen LogP contribution in [-0.4, -0.2) is 31.6 Å². The molecule has 0 spiro atoms. The summed E-state index contributed by atoms with van der Waals surface area (Å²) in [5.74, 6) is 0.802. The Balaban J connectivity index is 0.00000162. The van der Waals surface area contributed by atoms with E-state index in [1.807, 2.05) is 13.1 Å². The highest BCUT2D eigenvalue weighted by molar-refractivity contribution is 9.10. The zero-order chi connectivity index (χ0) is 12.3. The molecule has 1 aliphatic heterocycles. The molecule has 0 aromatic heterocycles. The van der Waals surface area contributed by atoms with Gasteiger partial charge >= 0.3 is 0 Å². The van der Waals surface area contributed by atoms with Crippen LogP contribution in [0, 0.1) is 5.92 Å². The van der Waals surface area contributed by atoms with Crippen LogP contribution in [0.3, 0.4) is 0 Å². The number of halogens is 3. The van der Waals surface area contributed by atoms with Crippen molar-refractivity contribution in [2.75, 3.05) is 26.7 Å². The summed E-state index contributed by atoms with van der Waals surface area (Å²) < 4.78 is 0.989. The maximum Gasteiger partial charge on any atom is 0.0548 e. The second-order valence-corrected chi connectivity index (χ2v) is 5.96. The first-order chi connectivity index (χ1) is 8.19. The molecule has 0 aliphatic carbocycles. The Morgan fingerprint density at radius 2 is 2.28 bits per heavy atom. The molecule has 0 bridgehead atoms. The predicted molar refractivity (Wildman–Crippen MR) is 83.7 cm³/mol. The lowest BCUT2D eigenvalue weighted by Gasteiger charge is -2.16. The summed E-state index contributed by atoms with van der Waals surface area (Å²) in [6.45, 7) is 4.55. The molecule has 1 aromatic carbocycles. The topological polar surface area (TPSA) is 15.3 Å². The van der Waals surface area contributed by atoms with Crippen LogP contribution in [0.1, 0.15) is 12.0 Å². The normalized spacial score (nSPS) is 19.8. The number of hydrogen-bond acceptors (Lipinski definition) is 2. The third kappa shape index (κ3) is 4.39. The third-order valence-electron chi connectivity index (χ3n) is 3.25. The summed E-state index contributed by atoms with van der Waals surface area (Å²) in [4.78, 5) is 2.51. The monoisotopic (exact) mass is 352 g/mol. The van der Waals surface area contributed by atoms with Crippen LogP contribution < -0.4 is 5.32 Å². The number of nitrogens with zero attached hydrogens (tertiary/aromatic N) is 1. The van der Waals surface area contributed by atoms with Crippen LogP contribution in [0.5, 0.6) is 0 Å². The van der Waals surface area contributed by atoms with Crippen molar-refractivity contribution in [2.24, 2.45) is 5.92 Å². The second-order valence-electron chi connectivity index (χ2n) is 4.70. The van der Waals surface area contributed by atoms with Gasteiger partial charge in [0, 0.05) is 17.6 Å². The summed E-state index contributed by atoms with van der Waals surface area (Å²) in [5, 5.41) is 4.04. The molecule has 1 N–H and O–H groups in total. The van der Waals surface area contributed by atoms with Crippen LogP contribution in [0.4, 0.5) is 0 Å². The highest BCUT2D eigenvalue weighted by Gasteiger charge is 2.21. The second kappa shape index (κ2) is 7.71. The van der Waals surface area contributed by atoms with Gasteiger partial charge in [0.15, 0.2) is 0 Å². The Labute approximate surface area is 129 Å². The van der Waals surface area contributed by atoms with E-state index in [1.54, 1.807) is 0 Å². The number of benzene rings is 1. The molecule has 1 saturated heterocycles. The van der Waals surface area contributed by atoms with E-state index in [0.717, 1.165) is 28.5 Å². The first kappa shape index (κ1) is 16.3. The largest absolute Gasteiger partial charge is 0.319 e. The molecule has 0 radical (unpaired) electrons. The average molecular weight is 354 g/mol. The SMILES string of the molecule is CNCC1CCN(Cc2ccc(Cl)c(Br)c2)C1.Cl. The van der Waals surface area contributed by atoms with E-state index in [9.17, 15) is 0 Å². The fourth-order valence-electron chi connectivity index (χ4n) is 2.41. The Morgan fingerprint density at radius 3 is 2.94 bits per heavy atom. The quantitative estimate of drug-likeness (QED) is 0.890. The smallest absolute Gasteiger partial charge is 0.0548 e. The van der Waals surface area contributed by atoms with Gasteiger partial charge in [-0.05, 0) is 66.1 Å². The van der Waals surface area contributed by atoms with Crippen molar-refractivity contribution in [1.82, 2.24) is 10.2 Å². The number of rotatable bonds is 4. The van der Waals surface area contributed by atoms with Crippen LogP contribution in [-0.2, 0) is 6.54 Å². The van der Waals surface area contributed by atoms with Crippen LogP contribution in [0.25, 0.3) is 0 Å². The van der Waals surface area contributed by atoms with Gasteiger partial charge < -0.3 is 5.32 Å². The number of likely N-dealkylation sites (tertiary alicyclic amines) is 1. The Kier molecular flexibility index (Phi) is 6.96. The molecule has 18 heavy (non-hydrogen) atoms. The minimum absolute atomic E-state index is 0. The van der Waals surface area contributed by atoms with Gasteiger partial charge in [0.25, 0.3) is 0 Å². The Hall–Kier alpha value is 0.200. The van der Waals surface area contributed by atoms with E-state index in [0.29, 0.717) is 0 Å². The van der Waals surface area contributed by atoms with Gasteiger partial charge in [0.2, 0.25) is 0 Å². The van der Waals surface area contributed by atoms with Gasteiger partial charge in [-0.15, -0.1) is 12.4 Å². The molecule has 1 atom stereocenters. The maximum atomic E-state index is 5.99. The minimum Gasteiger partial charge on any atom is -0.319 e. The fourth-order valence-corrected chi connectivity index (χ4v) is 2.95. The zero-order valence-electron chi connectivity index (χ0n) is 10.5. The van der Waals surface area contributed by atoms with Gasteiger partial charge in [-0.1, -0.05) is 17.7 Å². The maximum absolute atomic E-state index is 5.99. The molecule has 1 aliphatic rings. The van der Waals surface area contributed by atoms with Crippen LogP contribution >= 0.6 is 39.9 Å². The highest BCUT2D eigenvalue weighted by Crippen LogP contribution is 2.25. The van der Waals surface area contributed by atoms with E-state index in [4.69, 9.17) is 11.6 Å². The molecule has 2 rings (SSSR count).